The smallest absolute Gasteiger partial charge is 0.408 e. The van der Waals surface area contributed by atoms with Crippen LogP contribution in [0.3, 0.4) is 0 Å². The first-order valence-electron chi connectivity index (χ1n) is 6.28. The van der Waals surface area contributed by atoms with E-state index < -0.39 is 30.3 Å². The number of aliphatic hydroxyl groups is 1. The molecular weight excluding hydrogens is 260 g/mol. The van der Waals surface area contributed by atoms with Crippen molar-refractivity contribution in [2.24, 2.45) is 0 Å². The Labute approximate surface area is 118 Å². The van der Waals surface area contributed by atoms with Gasteiger partial charge in [-0.25, -0.2) is 4.79 Å². The van der Waals surface area contributed by atoms with E-state index in [2.05, 4.69) is 10.6 Å². The van der Waals surface area contributed by atoms with Gasteiger partial charge in [0.1, 0.15) is 11.6 Å². The second-order valence-electron chi connectivity index (χ2n) is 5.24. The number of hydrogen-bond donors (Lipinski definition) is 3. The van der Waals surface area contributed by atoms with Crippen LogP contribution in [0.4, 0.5) is 10.5 Å². The van der Waals surface area contributed by atoms with Crippen LogP contribution >= 0.6 is 0 Å². The predicted molar refractivity (Wildman–Crippen MR) is 75.3 cm³/mol. The molecule has 0 saturated heterocycles. The number of ether oxygens (including phenoxy) is 1. The van der Waals surface area contributed by atoms with E-state index >= 15 is 0 Å². The lowest BCUT2D eigenvalue weighted by atomic mass is 10.2. The Morgan fingerprint density at radius 2 is 1.85 bits per heavy atom. The summed E-state index contributed by atoms with van der Waals surface area (Å²) in [6.45, 7) is 4.62. The van der Waals surface area contributed by atoms with Crippen LogP contribution in [-0.4, -0.2) is 35.4 Å². The zero-order valence-corrected chi connectivity index (χ0v) is 11.8. The first-order chi connectivity index (χ1) is 9.31. The monoisotopic (exact) mass is 280 g/mol. The Kier molecular flexibility index (Phi) is 5.52. The summed E-state index contributed by atoms with van der Waals surface area (Å²) in [6.07, 6.45) is -0.750. The minimum Gasteiger partial charge on any atom is -0.444 e. The average molecular weight is 280 g/mol. The van der Waals surface area contributed by atoms with Crippen LogP contribution in [0.1, 0.15) is 20.8 Å². The molecule has 1 aromatic rings. The number of benzene rings is 1. The summed E-state index contributed by atoms with van der Waals surface area (Å²) in [7, 11) is 0. The molecule has 0 radical (unpaired) electrons. The number of carbonyl (C=O) groups is 2. The number of amides is 2. The molecule has 0 aromatic heterocycles. The molecule has 1 aromatic carbocycles. The minimum atomic E-state index is -1.06. The van der Waals surface area contributed by atoms with Crippen molar-refractivity contribution in [1.82, 2.24) is 5.32 Å². The summed E-state index contributed by atoms with van der Waals surface area (Å²) in [5.74, 6) is -0.510. The summed E-state index contributed by atoms with van der Waals surface area (Å²) in [5, 5.41) is 14.1. The maximum Gasteiger partial charge on any atom is 0.408 e. The third-order valence-electron chi connectivity index (χ3n) is 2.23. The topological polar surface area (TPSA) is 87.7 Å². The van der Waals surface area contributed by atoms with E-state index in [1.54, 1.807) is 45.0 Å². The molecule has 0 aliphatic rings. The van der Waals surface area contributed by atoms with Crippen molar-refractivity contribution in [2.45, 2.75) is 32.4 Å². The third-order valence-corrected chi connectivity index (χ3v) is 2.23. The highest BCUT2D eigenvalue weighted by atomic mass is 16.6. The van der Waals surface area contributed by atoms with E-state index in [0.29, 0.717) is 5.69 Å². The Balaban J connectivity index is 2.57. The Morgan fingerprint density at radius 1 is 1.25 bits per heavy atom. The highest BCUT2D eigenvalue weighted by Gasteiger charge is 2.23. The van der Waals surface area contributed by atoms with Gasteiger partial charge in [-0.05, 0) is 32.9 Å². The van der Waals surface area contributed by atoms with Crippen LogP contribution < -0.4 is 10.6 Å². The maximum atomic E-state index is 11.9. The van der Waals surface area contributed by atoms with Gasteiger partial charge < -0.3 is 20.5 Å². The van der Waals surface area contributed by atoms with Gasteiger partial charge in [-0.1, -0.05) is 18.2 Å². The minimum absolute atomic E-state index is 0.510. The fourth-order valence-corrected chi connectivity index (χ4v) is 1.39. The summed E-state index contributed by atoms with van der Waals surface area (Å²) in [4.78, 5) is 23.5. The Morgan fingerprint density at radius 3 is 2.35 bits per heavy atom. The molecule has 1 unspecified atom stereocenters. The van der Waals surface area contributed by atoms with E-state index in [-0.39, 0.29) is 0 Å². The molecule has 1 rings (SSSR count). The lowest BCUT2D eigenvalue weighted by molar-refractivity contribution is -0.119. The lowest BCUT2D eigenvalue weighted by Gasteiger charge is -2.22. The quantitative estimate of drug-likeness (QED) is 0.780. The van der Waals surface area contributed by atoms with Gasteiger partial charge in [-0.2, -0.15) is 0 Å². The largest absolute Gasteiger partial charge is 0.444 e. The highest BCUT2D eigenvalue weighted by molar-refractivity contribution is 5.96. The number of nitrogens with one attached hydrogen (secondary N) is 2. The van der Waals surface area contributed by atoms with Crippen molar-refractivity contribution < 1.29 is 19.4 Å². The highest BCUT2D eigenvalue weighted by Crippen LogP contribution is 2.08. The summed E-state index contributed by atoms with van der Waals surface area (Å²) in [5.41, 5.74) is -0.0815. The molecule has 0 fully saturated rings. The SMILES string of the molecule is CC(C)(C)OC(=O)NC(CO)C(=O)Nc1ccccc1. The molecule has 0 heterocycles. The fourth-order valence-electron chi connectivity index (χ4n) is 1.39. The molecule has 6 heteroatoms. The van der Waals surface area contributed by atoms with Gasteiger partial charge in [0.2, 0.25) is 5.91 Å². The van der Waals surface area contributed by atoms with Crippen molar-refractivity contribution in [1.29, 1.82) is 0 Å². The summed E-state index contributed by atoms with van der Waals surface area (Å²) >= 11 is 0. The molecule has 20 heavy (non-hydrogen) atoms. The molecule has 110 valence electrons. The van der Waals surface area contributed by atoms with E-state index in [1.807, 2.05) is 6.07 Å². The second kappa shape index (κ2) is 6.91. The number of alkyl carbamates (subject to hydrolysis) is 1. The maximum absolute atomic E-state index is 11.9. The van der Waals surface area contributed by atoms with Crippen molar-refractivity contribution in [3.05, 3.63) is 30.3 Å². The van der Waals surface area contributed by atoms with Gasteiger partial charge in [0.15, 0.2) is 0 Å². The van der Waals surface area contributed by atoms with E-state index in [9.17, 15) is 14.7 Å². The lowest BCUT2D eigenvalue weighted by Crippen LogP contribution is -2.47. The van der Waals surface area contributed by atoms with Gasteiger partial charge in [0, 0.05) is 5.69 Å². The molecular formula is C14H20N2O4. The van der Waals surface area contributed by atoms with Crippen LogP contribution in [0.2, 0.25) is 0 Å². The van der Waals surface area contributed by atoms with Crippen LogP contribution in [0.5, 0.6) is 0 Å². The first kappa shape index (κ1) is 16.0. The normalized spacial score (nSPS) is 12.4. The molecule has 0 aliphatic heterocycles. The number of rotatable bonds is 4. The molecule has 3 N–H and O–H groups in total. The Bertz CT molecular complexity index is 454. The number of para-hydroxylation sites is 1. The van der Waals surface area contributed by atoms with Crippen molar-refractivity contribution >= 4 is 17.7 Å². The summed E-state index contributed by atoms with van der Waals surface area (Å²) < 4.78 is 5.03. The van der Waals surface area contributed by atoms with Crippen LogP contribution in [-0.2, 0) is 9.53 Å². The van der Waals surface area contributed by atoms with Crippen LogP contribution in [0.25, 0.3) is 0 Å². The third kappa shape index (κ3) is 5.71. The second-order valence-corrected chi connectivity index (χ2v) is 5.24. The number of anilines is 1. The van der Waals surface area contributed by atoms with E-state index in [0.717, 1.165) is 0 Å². The van der Waals surface area contributed by atoms with Gasteiger partial charge in [0.25, 0.3) is 0 Å². The van der Waals surface area contributed by atoms with E-state index in [4.69, 9.17) is 4.74 Å². The van der Waals surface area contributed by atoms with Gasteiger partial charge in [-0.15, -0.1) is 0 Å². The molecule has 2 amide bonds. The van der Waals surface area contributed by atoms with E-state index in [1.165, 1.54) is 0 Å². The standard InChI is InChI=1S/C14H20N2O4/c1-14(2,3)20-13(19)16-11(9-17)12(18)15-10-7-5-4-6-8-10/h4-8,11,17H,9H2,1-3H3,(H,15,18)(H,16,19). The molecule has 6 nitrogen and oxygen atoms in total. The predicted octanol–water partition coefficient (Wildman–Crippen LogP) is 1.51. The van der Waals surface area contributed by atoms with Crippen LogP contribution in [0.15, 0.2) is 30.3 Å². The van der Waals surface area contributed by atoms with Crippen LogP contribution in [0, 0.1) is 0 Å². The van der Waals surface area contributed by atoms with Gasteiger partial charge >= 0.3 is 6.09 Å². The van der Waals surface area contributed by atoms with Gasteiger partial charge in [0.05, 0.1) is 6.61 Å². The van der Waals surface area contributed by atoms with Gasteiger partial charge in [-0.3, -0.25) is 4.79 Å². The average Bonchev–Trinajstić information content (AvgIpc) is 2.35. The zero-order chi connectivity index (χ0) is 15.2. The molecule has 0 aliphatic carbocycles. The fraction of sp³-hybridized carbons (Fsp3) is 0.429. The van der Waals surface area contributed by atoms with Crippen molar-refractivity contribution in [3.63, 3.8) is 0 Å². The Hall–Kier alpha value is -2.08. The van der Waals surface area contributed by atoms with Crippen molar-refractivity contribution in [2.75, 3.05) is 11.9 Å². The number of carbonyl (C=O) groups excluding carboxylic acids is 2. The molecule has 0 bridgehead atoms. The molecule has 0 spiro atoms. The first-order valence-corrected chi connectivity index (χ1v) is 6.28. The van der Waals surface area contributed by atoms with Crippen molar-refractivity contribution in [3.8, 4) is 0 Å². The zero-order valence-electron chi connectivity index (χ0n) is 11.8. The summed E-state index contributed by atoms with van der Waals surface area (Å²) in [6, 6.07) is 7.71. The molecule has 1 atom stereocenters. The molecule has 0 saturated carbocycles. The number of aliphatic hydroxyl groups excluding tert-OH is 1. The number of hydrogen-bond acceptors (Lipinski definition) is 4.